The molecular formula is C16H18N6O. The highest BCUT2D eigenvalue weighted by molar-refractivity contribution is 5.92. The van der Waals surface area contributed by atoms with Gasteiger partial charge < -0.3 is 10.6 Å². The van der Waals surface area contributed by atoms with Crippen molar-refractivity contribution in [3.8, 4) is 0 Å². The monoisotopic (exact) mass is 310 g/mol. The van der Waals surface area contributed by atoms with Crippen molar-refractivity contribution in [2.45, 2.75) is 13.1 Å². The van der Waals surface area contributed by atoms with Crippen molar-refractivity contribution in [1.29, 1.82) is 0 Å². The van der Waals surface area contributed by atoms with Gasteiger partial charge in [-0.2, -0.15) is 0 Å². The molecular weight excluding hydrogens is 292 g/mol. The number of hydrogen-bond donors (Lipinski definition) is 1. The van der Waals surface area contributed by atoms with Crippen LogP contribution in [0.1, 0.15) is 16.1 Å². The molecule has 0 spiro atoms. The number of pyridine rings is 1. The largest absolute Gasteiger partial charge is 0.336 e. The number of hydrogen-bond acceptors (Lipinski definition) is 5. The Balaban J connectivity index is 1.79. The van der Waals surface area contributed by atoms with E-state index in [2.05, 4.69) is 15.3 Å². The summed E-state index contributed by atoms with van der Waals surface area (Å²) in [7, 11) is 1.75. The molecule has 0 unspecified atom stereocenters. The van der Waals surface area contributed by atoms with E-state index in [-0.39, 0.29) is 5.91 Å². The molecule has 1 amide bonds. The highest BCUT2D eigenvalue weighted by atomic mass is 16.2. The zero-order valence-electron chi connectivity index (χ0n) is 12.9. The van der Waals surface area contributed by atoms with Crippen molar-refractivity contribution >= 4 is 16.7 Å². The molecule has 1 aromatic carbocycles. The number of aromatic nitrogens is 4. The fraction of sp³-hybridized carbons (Fsp3) is 0.250. The summed E-state index contributed by atoms with van der Waals surface area (Å²) in [6.45, 7) is 1.49. The summed E-state index contributed by atoms with van der Waals surface area (Å²) in [5.74, 6) is -0.167. The van der Waals surface area contributed by atoms with Gasteiger partial charge in [0.2, 0.25) is 0 Å². The van der Waals surface area contributed by atoms with E-state index in [1.54, 1.807) is 29.0 Å². The molecule has 2 aromatic heterocycles. The van der Waals surface area contributed by atoms with E-state index in [4.69, 9.17) is 5.73 Å². The van der Waals surface area contributed by atoms with Crippen LogP contribution in [0.5, 0.6) is 0 Å². The van der Waals surface area contributed by atoms with E-state index in [9.17, 15) is 4.79 Å². The summed E-state index contributed by atoms with van der Waals surface area (Å²) < 4.78 is 1.57. The van der Waals surface area contributed by atoms with Gasteiger partial charge in [0.05, 0.1) is 12.7 Å². The molecule has 3 rings (SSSR count). The number of carbonyl (C=O) groups is 1. The molecule has 0 aliphatic carbocycles. The van der Waals surface area contributed by atoms with Gasteiger partial charge in [0, 0.05) is 37.9 Å². The van der Waals surface area contributed by atoms with Crippen LogP contribution in [0, 0.1) is 0 Å². The number of carbonyl (C=O) groups excluding carboxylic acids is 1. The fourth-order valence-corrected chi connectivity index (χ4v) is 2.49. The Morgan fingerprint density at radius 2 is 2.22 bits per heavy atom. The van der Waals surface area contributed by atoms with E-state index in [1.807, 2.05) is 30.5 Å². The number of amides is 1. The molecule has 7 nitrogen and oxygen atoms in total. The van der Waals surface area contributed by atoms with Crippen LogP contribution in [0.15, 0.2) is 42.9 Å². The average Bonchev–Trinajstić information content (AvgIpc) is 3.03. The number of benzene rings is 1. The van der Waals surface area contributed by atoms with Crippen LogP contribution in [0.4, 0.5) is 0 Å². The quantitative estimate of drug-likeness (QED) is 0.761. The Kier molecular flexibility index (Phi) is 4.29. The van der Waals surface area contributed by atoms with Crippen LogP contribution < -0.4 is 5.73 Å². The van der Waals surface area contributed by atoms with E-state index >= 15 is 0 Å². The van der Waals surface area contributed by atoms with Gasteiger partial charge >= 0.3 is 0 Å². The first-order valence-corrected chi connectivity index (χ1v) is 7.36. The predicted molar refractivity (Wildman–Crippen MR) is 86.6 cm³/mol. The number of fused-ring (bicyclic) bond motifs is 1. The van der Waals surface area contributed by atoms with Crippen molar-refractivity contribution in [2.75, 3.05) is 13.6 Å². The van der Waals surface area contributed by atoms with Crippen molar-refractivity contribution in [3.63, 3.8) is 0 Å². The lowest BCUT2D eigenvalue weighted by Crippen LogP contribution is -2.26. The van der Waals surface area contributed by atoms with Gasteiger partial charge in [-0.3, -0.25) is 14.5 Å². The smallest absolute Gasteiger partial charge is 0.276 e. The number of nitrogens with zero attached hydrogens (tertiary/aromatic N) is 5. The van der Waals surface area contributed by atoms with Gasteiger partial charge in [-0.25, -0.2) is 0 Å². The third kappa shape index (κ3) is 3.19. The highest BCUT2D eigenvalue weighted by Crippen LogP contribution is 2.19. The normalized spacial score (nSPS) is 10.9. The predicted octanol–water partition coefficient (Wildman–Crippen LogP) is 1.06. The lowest BCUT2D eigenvalue weighted by Gasteiger charge is -2.17. The second kappa shape index (κ2) is 6.53. The third-order valence-electron chi connectivity index (χ3n) is 3.64. The standard InChI is InChI=1S/C16H18N6O/c1-21(16(23)15-11-22(8-6-17)20-19-15)10-13-4-2-3-12-9-18-7-5-14(12)13/h2-5,7,9,11H,6,8,10,17H2,1H3. The first-order chi connectivity index (χ1) is 11.2. The van der Waals surface area contributed by atoms with Gasteiger partial charge in [0.25, 0.3) is 5.91 Å². The summed E-state index contributed by atoms with van der Waals surface area (Å²) in [4.78, 5) is 18.2. The summed E-state index contributed by atoms with van der Waals surface area (Å²) in [5, 5.41) is 9.96. The molecule has 23 heavy (non-hydrogen) atoms. The Labute approximate surface area is 133 Å². The molecule has 118 valence electrons. The minimum Gasteiger partial charge on any atom is -0.336 e. The van der Waals surface area contributed by atoms with Gasteiger partial charge in [-0.1, -0.05) is 23.4 Å². The molecule has 0 radical (unpaired) electrons. The third-order valence-corrected chi connectivity index (χ3v) is 3.64. The molecule has 0 aliphatic heterocycles. The topological polar surface area (TPSA) is 89.9 Å². The van der Waals surface area contributed by atoms with Crippen molar-refractivity contribution in [3.05, 3.63) is 54.1 Å². The Morgan fingerprint density at radius 1 is 1.35 bits per heavy atom. The highest BCUT2D eigenvalue weighted by Gasteiger charge is 2.16. The molecule has 0 saturated carbocycles. The molecule has 0 aliphatic rings. The van der Waals surface area contributed by atoms with Crippen LogP contribution in [0.2, 0.25) is 0 Å². The average molecular weight is 310 g/mol. The van der Waals surface area contributed by atoms with Crippen LogP contribution >= 0.6 is 0 Å². The molecule has 3 aromatic rings. The molecule has 2 N–H and O–H groups in total. The van der Waals surface area contributed by atoms with Gasteiger partial charge in [0.15, 0.2) is 5.69 Å². The molecule has 0 atom stereocenters. The zero-order chi connectivity index (χ0) is 16.2. The lowest BCUT2D eigenvalue weighted by atomic mass is 10.1. The molecule has 0 saturated heterocycles. The second-order valence-electron chi connectivity index (χ2n) is 5.33. The summed E-state index contributed by atoms with van der Waals surface area (Å²) in [5.41, 5.74) is 6.86. The minimum atomic E-state index is -0.167. The fourth-order valence-electron chi connectivity index (χ4n) is 2.49. The van der Waals surface area contributed by atoms with Gasteiger partial charge in [0.1, 0.15) is 0 Å². The van der Waals surface area contributed by atoms with Crippen molar-refractivity contribution < 1.29 is 4.79 Å². The van der Waals surface area contributed by atoms with E-state index in [0.29, 0.717) is 25.3 Å². The maximum Gasteiger partial charge on any atom is 0.276 e. The van der Waals surface area contributed by atoms with E-state index in [0.717, 1.165) is 16.3 Å². The SMILES string of the molecule is CN(Cc1cccc2cnccc12)C(=O)c1cn(CCN)nn1. The van der Waals surface area contributed by atoms with Crippen LogP contribution in [0.25, 0.3) is 10.8 Å². The van der Waals surface area contributed by atoms with Crippen LogP contribution in [-0.4, -0.2) is 44.4 Å². The Bertz CT molecular complexity index is 823. The molecule has 7 heteroatoms. The Morgan fingerprint density at radius 3 is 3.04 bits per heavy atom. The number of rotatable bonds is 5. The zero-order valence-corrected chi connectivity index (χ0v) is 12.9. The van der Waals surface area contributed by atoms with Gasteiger partial charge in [-0.05, 0) is 17.0 Å². The molecule has 0 bridgehead atoms. The summed E-state index contributed by atoms with van der Waals surface area (Å²) >= 11 is 0. The van der Waals surface area contributed by atoms with Crippen molar-refractivity contribution in [1.82, 2.24) is 24.9 Å². The first kappa shape index (κ1) is 15.1. The minimum absolute atomic E-state index is 0.167. The van der Waals surface area contributed by atoms with E-state index in [1.165, 1.54) is 0 Å². The maximum atomic E-state index is 12.5. The first-order valence-electron chi connectivity index (χ1n) is 7.36. The maximum absolute atomic E-state index is 12.5. The van der Waals surface area contributed by atoms with E-state index < -0.39 is 0 Å². The Hall–Kier alpha value is -2.80. The number of nitrogens with two attached hydrogens (primary N) is 1. The summed E-state index contributed by atoms with van der Waals surface area (Å²) in [6, 6.07) is 7.94. The molecule has 0 fully saturated rings. The molecule has 2 heterocycles. The van der Waals surface area contributed by atoms with Gasteiger partial charge in [-0.15, -0.1) is 5.10 Å². The lowest BCUT2D eigenvalue weighted by molar-refractivity contribution is 0.0779. The van der Waals surface area contributed by atoms with Crippen LogP contribution in [0.3, 0.4) is 0 Å². The van der Waals surface area contributed by atoms with Crippen LogP contribution in [-0.2, 0) is 13.1 Å². The second-order valence-corrected chi connectivity index (χ2v) is 5.33. The summed E-state index contributed by atoms with van der Waals surface area (Å²) in [6.07, 6.45) is 5.20. The van der Waals surface area contributed by atoms with Crippen molar-refractivity contribution in [2.24, 2.45) is 5.73 Å².